The zero-order chi connectivity index (χ0) is 12.5. The maximum atomic E-state index is 12.4. The highest BCUT2D eigenvalue weighted by Gasteiger charge is 2.34. The van der Waals surface area contributed by atoms with E-state index in [0.717, 1.165) is 0 Å². The number of nitrogens with zero attached hydrogens (tertiary/aromatic N) is 1. The van der Waals surface area contributed by atoms with Gasteiger partial charge in [0.2, 0.25) is 0 Å². The summed E-state index contributed by atoms with van der Waals surface area (Å²) in [5, 5.41) is 0. The Kier molecular flexibility index (Phi) is 3.81. The van der Waals surface area contributed by atoms with Crippen LogP contribution in [0.15, 0.2) is 6.07 Å². The predicted molar refractivity (Wildman–Crippen MR) is 52.3 cm³/mol. The fourth-order valence-corrected chi connectivity index (χ4v) is 1.81. The van der Waals surface area contributed by atoms with Crippen molar-refractivity contribution in [2.24, 2.45) is 0 Å². The molecule has 0 amide bonds. The smallest absolute Gasteiger partial charge is 0.298 e. The summed E-state index contributed by atoms with van der Waals surface area (Å²) < 4.78 is 61.1. The molecule has 0 unspecified atom stereocenters. The molecule has 16 heavy (non-hydrogen) atoms. The lowest BCUT2D eigenvalue weighted by molar-refractivity contribution is -0.141. The summed E-state index contributed by atoms with van der Waals surface area (Å²) >= 11 is 1.24. The highest BCUT2D eigenvalue weighted by atomic mass is 127. The molecule has 0 bridgehead atoms. The van der Waals surface area contributed by atoms with Crippen LogP contribution in [0.5, 0.6) is 0 Å². The minimum atomic E-state index is -4.77. The van der Waals surface area contributed by atoms with E-state index in [1.807, 2.05) is 0 Å². The van der Waals surface area contributed by atoms with Gasteiger partial charge in [-0.1, -0.05) is 0 Å². The van der Waals surface area contributed by atoms with Crippen molar-refractivity contribution < 1.29 is 26.7 Å². The van der Waals surface area contributed by atoms with Crippen molar-refractivity contribution in [3.63, 3.8) is 0 Å². The number of carbonyl (C=O) groups excluding carboxylic acids is 1. The van der Waals surface area contributed by atoms with E-state index in [4.69, 9.17) is 0 Å². The average molecular weight is 351 g/mol. The second-order valence-corrected chi connectivity index (χ2v) is 3.74. The van der Waals surface area contributed by atoms with Crippen LogP contribution in [-0.2, 0) is 6.18 Å². The summed E-state index contributed by atoms with van der Waals surface area (Å²) in [6.07, 6.45) is -7.85. The van der Waals surface area contributed by atoms with Crippen LogP contribution in [0.4, 0.5) is 22.0 Å². The Hall–Kier alpha value is -0.800. The van der Waals surface area contributed by atoms with E-state index in [9.17, 15) is 26.7 Å². The predicted octanol–water partition coefficient (Wildman–Crippen LogP) is 3.46. The number of aldehydes is 1. The molecule has 0 aliphatic heterocycles. The zero-order valence-corrected chi connectivity index (χ0v) is 9.51. The van der Waals surface area contributed by atoms with Crippen molar-refractivity contribution in [3.05, 3.63) is 26.6 Å². The first-order valence-electron chi connectivity index (χ1n) is 3.78. The molecule has 1 aromatic heterocycles. The molecule has 0 aliphatic carbocycles. The van der Waals surface area contributed by atoms with E-state index in [-0.39, 0.29) is 6.29 Å². The quantitative estimate of drug-likeness (QED) is 0.354. The Morgan fingerprint density at radius 1 is 1.38 bits per heavy atom. The topological polar surface area (TPSA) is 30.0 Å². The third kappa shape index (κ3) is 2.66. The van der Waals surface area contributed by atoms with Crippen molar-refractivity contribution in [2.45, 2.75) is 12.6 Å². The van der Waals surface area contributed by atoms with Gasteiger partial charge in [-0.2, -0.15) is 13.2 Å². The number of carbonyl (C=O) groups is 1. The van der Waals surface area contributed by atoms with Gasteiger partial charge in [0.05, 0.1) is 5.56 Å². The zero-order valence-electron chi connectivity index (χ0n) is 7.36. The van der Waals surface area contributed by atoms with Crippen LogP contribution in [0.1, 0.15) is 28.0 Å². The molecule has 0 saturated carbocycles. The molecule has 0 aromatic carbocycles. The summed E-state index contributed by atoms with van der Waals surface area (Å²) in [6.45, 7) is 0. The van der Waals surface area contributed by atoms with Crippen LogP contribution in [0.3, 0.4) is 0 Å². The normalized spacial score (nSPS) is 11.9. The minimum Gasteiger partial charge on any atom is -0.298 e. The van der Waals surface area contributed by atoms with Crippen LogP contribution >= 0.6 is 22.6 Å². The SMILES string of the molecule is O=Cc1cc(C(F)(F)F)nc(I)c1C(F)F. The van der Waals surface area contributed by atoms with Gasteiger partial charge in [0.15, 0.2) is 6.29 Å². The molecule has 0 atom stereocenters. The van der Waals surface area contributed by atoms with E-state index in [1.165, 1.54) is 22.6 Å². The molecule has 0 fully saturated rings. The number of halogens is 6. The van der Waals surface area contributed by atoms with Crippen LogP contribution in [0.2, 0.25) is 0 Å². The first-order chi connectivity index (χ1) is 7.27. The highest BCUT2D eigenvalue weighted by molar-refractivity contribution is 14.1. The van der Waals surface area contributed by atoms with Gasteiger partial charge in [-0.15, -0.1) is 0 Å². The van der Waals surface area contributed by atoms with Crippen molar-refractivity contribution in [2.75, 3.05) is 0 Å². The van der Waals surface area contributed by atoms with E-state index in [1.54, 1.807) is 0 Å². The van der Waals surface area contributed by atoms with Crippen molar-refractivity contribution in [1.29, 1.82) is 0 Å². The van der Waals surface area contributed by atoms with Crippen LogP contribution < -0.4 is 0 Å². The van der Waals surface area contributed by atoms with Gasteiger partial charge < -0.3 is 0 Å². The second kappa shape index (κ2) is 4.60. The first kappa shape index (κ1) is 13.3. The standard InChI is InChI=1S/C8H3F5INO/c9-6(10)5-3(2-16)1-4(8(11,12)13)15-7(5)14/h1-2,6H. The Bertz CT molecular complexity index is 418. The van der Waals surface area contributed by atoms with Gasteiger partial charge in [0.1, 0.15) is 9.39 Å². The number of hydrogen-bond acceptors (Lipinski definition) is 2. The molecule has 88 valence electrons. The van der Waals surface area contributed by atoms with Gasteiger partial charge in [0.25, 0.3) is 6.43 Å². The number of hydrogen-bond donors (Lipinski definition) is 0. The van der Waals surface area contributed by atoms with Crippen LogP contribution in [0, 0.1) is 3.70 Å². The summed E-state index contributed by atoms with van der Waals surface area (Å²) in [5.74, 6) is 0. The number of aromatic nitrogens is 1. The highest BCUT2D eigenvalue weighted by Crippen LogP contribution is 2.33. The summed E-state index contributed by atoms with van der Waals surface area (Å²) in [6, 6.07) is 0.316. The van der Waals surface area contributed by atoms with E-state index >= 15 is 0 Å². The first-order valence-corrected chi connectivity index (χ1v) is 4.86. The third-order valence-electron chi connectivity index (χ3n) is 1.68. The fraction of sp³-hybridized carbons (Fsp3) is 0.250. The number of pyridine rings is 1. The lowest BCUT2D eigenvalue weighted by atomic mass is 10.1. The molecule has 0 saturated heterocycles. The maximum Gasteiger partial charge on any atom is 0.433 e. The summed E-state index contributed by atoms with van der Waals surface area (Å²) in [7, 11) is 0. The molecular formula is C8H3F5INO. The van der Waals surface area contributed by atoms with E-state index < -0.39 is 33.1 Å². The minimum absolute atomic E-state index is 0.0411. The fourth-order valence-electron chi connectivity index (χ4n) is 1.00. The number of rotatable bonds is 2. The molecule has 0 aliphatic rings. The molecule has 0 spiro atoms. The van der Waals surface area contributed by atoms with Crippen molar-refractivity contribution >= 4 is 28.9 Å². The molecule has 1 heterocycles. The van der Waals surface area contributed by atoms with E-state index in [2.05, 4.69) is 4.98 Å². The van der Waals surface area contributed by atoms with Crippen molar-refractivity contribution in [1.82, 2.24) is 4.98 Å². The van der Waals surface area contributed by atoms with Crippen LogP contribution in [-0.4, -0.2) is 11.3 Å². The monoisotopic (exact) mass is 351 g/mol. The molecule has 0 N–H and O–H groups in total. The Morgan fingerprint density at radius 3 is 2.31 bits per heavy atom. The van der Waals surface area contributed by atoms with Gasteiger partial charge in [-0.3, -0.25) is 4.79 Å². The van der Waals surface area contributed by atoms with Gasteiger partial charge in [-0.25, -0.2) is 13.8 Å². The molecule has 1 rings (SSSR count). The Morgan fingerprint density at radius 2 is 1.94 bits per heavy atom. The van der Waals surface area contributed by atoms with Crippen LogP contribution in [0.25, 0.3) is 0 Å². The molecule has 0 radical (unpaired) electrons. The number of alkyl halides is 5. The summed E-state index contributed by atoms with van der Waals surface area (Å²) in [5.41, 5.74) is -2.83. The summed E-state index contributed by atoms with van der Waals surface area (Å²) in [4.78, 5) is 13.4. The third-order valence-corrected chi connectivity index (χ3v) is 2.50. The molecular weight excluding hydrogens is 348 g/mol. The molecule has 8 heteroatoms. The lowest BCUT2D eigenvalue weighted by Gasteiger charge is -2.11. The Balaban J connectivity index is 3.44. The van der Waals surface area contributed by atoms with Gasteiger partial charge in [-0.05, 0) is 28.7 Å². The van der Waals surface area contributed by atoms with Gasteiger partial charge in [0, 0.05) is 5.56 Å². The molecule has 1 aromatic rings. The largest absolute Gasteiger partial charge is 0.433 e. The second-order valence-electron chi connectivity index (χ2n) is 2.72. The van der Waals surface area contributed by atoms with Crippen molar-refractivity contribution in [3.8, 4) is 0 Å². The lowest BCUT2D eigenvalue weighted by Crippen LogP contribution is -2.12. The van der Waals surface area contributed by atoms with E-state index in [0.29, 0.717) is 6.07 Å². The maximum absolute atomic E-state index is 12.4. The average Bonchev–Trinajstić information content (AvgIpc) is 2.14. The van der Waals surface area contributed by atoms with Gasteiger partial charge >= 0.3 is 6.18 Å². The molecule has 2 nitrogen and oxygen atoms in total. The Labute approximate surface area is 100.0 Å².